The number of amides is 4. The van der Waals surface area contributed by atoms with Crippen LogP contribution in [0.1, 0.15) is 18.4 Å². The number of benzene rings is 1. The van der Waals surface area contributed by atoms with Gasteiger partial charge in [-0.05, 0) is 30.5 Å². The van der Waals surface area contributed by atoms with Crippen molar-refractivity contribution in [1.29, 1.82) is 0 Å². The number of piperidine rings is 1. The third-order valence-corrected chi connectivity index (χ3v) is 4.55. The summed E-state index contributed by atoms with van der Waals surface area (Å²) in [6.45, 7) is 1.02. The van der Waals surface area contributed by atoms with Gasteiger partial charge in [-0.1, -0.05) is 12.1 Å². The molecule has 1 heterocycles. The van der Waals surface area contributed by atoms with Gasteiger partial charge in [0.15, 0.2) is 0 Å². The van der Waals surface area contributed by atoms with Crippen LogP contribution in [0.25, 0.3) is 0 Å². The normalized spacial score (nSPS) is 16.0. The number of phenolic OH excluding ortho intramolecular Hbond substituents is 1. The van der Waals surface area contributed by atoms with E-state index in [-0.39, 0.29) is 30.0 Å². The lowest BCUT2D eigenvalue weighted by molar-refractivity contribution is -0.130. The Bertz CT molecular complexity index is 652. The van der Waals surface area contributed by atoms with Crippen molar-refractivity contribution >= 4 is 17.8 Å². The number of nitrogens with two attached hydrogens (primary N) is 1. The predicted molar refractivity (Wildman–Crippen MR) is 96.3 cm³/mol. The number of carbonyl (C=O) groups excluding carboxylic acids is 3. The number of hydrogen-bond acceptors (Lipinski definition) is 4. The van der Waals surface area contributed by atoms with Gasteiger partial charge in [0.25, 0.3) is 0 Å². The van der Waals surface area contributed by atoms with Crippen molar-refractivity contribution in [2.75, 3.05) is 27.2 Å². The monoisotopic (exact) mass is 362 g/mol. The zero-order valence-electron chi connectivity index (χ0n) is 15.1. The molecule has 0 saturated carbocycles. The Hall–Kier alpha value is -2.77. The van der Waals surface area contributed by atoms with Gasteiger partial charge in [0.2, 0.25) is 11.8 Å². The van der Waals surface area contributed by atoms with Gasteiger partial charge >= 0.3 is 6.03 Å². The number of phenols is 1. The molecule has 1 aromatic carbocycles. The van der Waals surface area contributed by atoms with Crippen LogP contribution >= 0.6 is 0 Å². The number of nitrogens with zero attached hydrogens (tertiary/aromatic N) is 2. The van der Waals surface area contributed by atoms with Crippen LogP contribution in [0, 0.1) is 5.92 Å². The molecule has 0 unspecified atom stereocenters. The molecule has 8 nitrogen and oxygen atoms in total. The van der Waals surface area contributed by atoms with Crippen molar-refractivity contribution in [2.24, 2.45) is 11.7 Å². The van der Waals surface area contributed by atoms with E-state index in [2.05, 4.69) is 5.32 Å². The van der Waals surface area contributed by atoms with Gasteiger partial charge in [0.05, 0.1) is 0 Å². The van der Waals surface area contributed by atoms with Crippen molar-refractivity contribution < 1.29 is 19.5 Å². The Labute approximate surface area is 152 Å². The van der Waals surface area contributed by atoms with Crippen molar-refractivity contribution in [3.8, 4) is 5.75 Å². The molecule has 1 saturated heterocycles. The zero-order valence-corrected chi connectivity index (χ0v) is 15.1. The summed E-state index contributed by atoms with van der Waals surface area (Å²) in [6.07, 6.45) is 1.37. The second kappa shape index (κ2) is 8.55. The minimum atomic E-state index is -0.812. The molecule has 4 N–H and O–H groups in total. The number of urea groups is 1. The Balaban J connectivity index is 1.91. The number of likely N-dealkylation sites (tertiary alicyclic amines) is 1. The molecule has 0 bridgehead atoms. The number of nitrogens with one attached hydrogen (secondary N) is 1. The lowest BCUT2D eigenvalue weighted by Gasteiger charge is -2.33. The Morgan fingerprint density at radius 3 is 2.31 bits per heavy atom. The number of aromatic hydroxyl groups is 1. The van der Waals surface area contributed by atoms with E-state index in [1.807, 2.05) is 0 Å². The first-order chi connectivity index (χ1) is 12.3. The molecule has 1 atom stereocenters. The molecular formula is C18H26N4O4. The van der Waals surface area contributed by atoms with Crippen LogP contribution in [-0.4, -0.2) is 66.0 Å². The van der Waals surface area contributed by atoms with Crippen molar-refractivity contribution in [3.05, 3.63) is 29.8 Å². The van der Waals surface area contributed by atoms with Gasteiger partial charge in [-0.2, -0.15) is 0 Å². The minimum absolute atomic E-state index is 0.0637. The second-order valence-electron chi connectivity index (χ2n) is 6.77. The van der Waals surface area contributed by atoms with Crippen molar-refractivity contribution in [3.63, 3.8) is 0 Å². The number of hydrogen-bond donors (Lipinski definition) is 3. The molecule has 1 fully saturated rings. The zero-order chi connectivity index (χ0) is 19.3. The third kappa shape index (κ3) is 5.11. The fourth-order valence-corrected chi connectivity index (χ4v) is 3.00. The second-order valence-corrected chi connectivity index (χ2v) is 6.77. The molecule has 26 heavy (non-hydrogen) atoms. The van der Waals surface area contributed by atoms with Crippen LogP contribution in [0.4, 0.5) is 4.79 Å². The average molecular weight is 362 g/mol. The largest absolute Gasteiger partial charge is 0.508 e. The summed E-state index contributed by atoms with van der Waals surface area (Å²) in [5, 5.41) is 12.0. The maximum Gasteiger partial charge on any atom is 0.319 e. The summed E-state index contributed by atoms with van der Waals surface area (Å²) >= 11 is 0. The Morgan fingerprint density at radius 2 is 1.81 bits per heavy atom. The number of primary amides is 1. The van der Waals surface area contributed by atoms with Crippen LogP contribution in [0.5, 0.6) is 5.75 Å². The van der Waals surface area contributed by atoms with Crippen LogP contribution < -0.4 is 11.1 Å². The summed E-state index contributed by atoms with van der Waals surface area (Å²) in [5.41, 5.74) is 6.22. The molecule has 0 aliphatic carbocycles. The fourth-order valence-electron chi connectivity index (χ4n) is 3.00. The Morgan fingerprint density at radius 1 is 1.23 bits per heavy atom. The molecule has 1 aromatic rings. The SMILES string of the molecule is CN(C)C(=O)N1CCC(C(=O)N[C@@H](Cc2ccc(O)cc2)C(N)=O)CC1. The van der Waals surface area contributed by atoms with Crippen LogP contribution in [-0.2, 0) is 16.0 Å². The van der Waals surface area contributed by atoms with Gasteiger partial charge in [0, 0.05) is 39.5 Å². The predicted octanol–water partition coefficient (Wildman–Crippen LogP) is 0.298. The molecule has 1 aliphatic heterocycles. The highest BCUT2D eigenvalue weighted by Gasteiger charge is 2.30. The topological polar surface area (TPSA) is 116 Å². The molecular weight excluding hydrogens is 336 g/mol. The van der Waals surface area contributed by atoms with Crippen molar-refractivity contribution in [2.45, 2.75) is 25.3 Å². The molecule has 2 rings (SSSR count). The van der Waals surface area contributed by atoms with E-state index >= 15 is 0 Å². The molecule has 4 amide bonds. The summed E-state index contributed by atoms with van der Waals surface area (Å²) < 4.78 is 0. The van der Waals surface area contributed by atoms with E-state index in [1.54, 1.807) is 31.1 Å². The van der Waals surface area contributed by atoms with E-state index in [0.29, 0.717) is 25.9 Å². The van der Waals surface area contributed by atoms with E-state index < -0.39 is 11.9 Å². The van der Waals surface area contributed by atoms with Gasteiger partial charge < -0.3 is 26.0 Å². The molecule has 0 aromatic heterocycles. The summed E-state index contributed by atoms with van der Waals surface area (Å²) in [7, 11) is 3.39. The van der Waals surface area contributed by atoms with Crippen LogP contribution in [0.15, 0.2) is 24.3 Å². The highest BCUT2D eigenvalue weighted by molar-refractivity contribution is 5.88. The maximum absolute atomic E-state index is 12.5. The fraction of sp³-hybridized carbons (Fsp3) is 0.500. The lowest BCUT2D eigenvalue weighted by atomic mass is 9.95. The van der Waals surface area contributed by atoms with E-state index in [9.17, 15) is 19.5 Å². The van der Waals surface area contributed by atoms with Gasteiger partial charge in [0.1, 0.15) is 11.8 Å². The first kappa shape index (κ1) is 19.6. The molecule has 0 radical (unpaired) electrons. The first-order valence-electron chi connectivity index (χ1n) is 8.61. The van der Waals surface area contributed by atoms with Gasteiger partial charge in [-0.3, -0.25) is 9.59 Å². The molecule has 0 spiro atoms. The highest BCUT2D eigenvalue weighted by Crippen LogP contribution is 2.19. The summed E-state index contributed by atoms with van der Waals surface area (Å²) in [4.78, 5) is 39.4. The number of carbonyl (C=O) groups is 3. The van der Waals surface area contributed by atoms with Crippen LogP contribution in [0.2, 0.25) is 0 Å². The van der Waals surface area contributed by atoms with Gasteiger partial charge in [-0.25, -0.2) is 4.79 Å². The van der Waals surface area contributed by atoms with E-state index in [0.717, 1.165) is 5.56 Å². The first-order valence-corrected chi connectivity index (χ1v) is 8.61. The van der Waals surface area contributed by atoms with Crippen molar-refractivity contribution in [1.82, 2.24) is 15.1 Å². The Kier molecular flexibility index (Phi) is 6.43. The quantitative estimate of drug-likeness (QED) is 0.698. The molecule has 142 valence electrons. The molecule has 8 heteroatoms. The smallest absolute Gasteiger partial charge is 0.319 e. The maximum atomic E-state index is 12.5. The van der Waals surface area contributed by atoms with E-state index in [1.165, 1.54) is 17.0 Å². The third-order valence-electron chi connectivity index (χ3n) is 4.55. The minimum Gasteiger partial charge on any atom is -0.508 e. The van der Waals surface area contributed by atoms with Crippen LogP contribution in [0.3, 0.4) is 0 Å². The standard InChI is InChI=1S/C18H26N4O4/c1-21(2)18(26)22-9-7-13(8-10-22)17(25)20-15(16(19)24)11-12-3-5-14(23)6-4-12/h3-6,13,15,23H,7-11H2,1-2H3,(H2,19,24)(H,20,25)/t15-/m0/s1. The average Bonchev–Trinajstić information content (AvgIpc) is 2.62. The molecule has 1 aliphatic rings. The summed E-state index contributed by atoms with van der Waals surface area (Å²) in [6, 6.07) is 5.53. The van der Waals surface area contributed by atoms with Gasteiger partial charge in [-0.15, -0.1) is 0 Å². The summed E-state index contributed by atoms with van der Waals surface area (Å²) in [5.74, 6) is -0.938. The highest BCUT2D eigenvalue weighted by atomic mass is 16.3. The van der Waals surface area contributed by atoms with E-state index in [4.69, 9.17) is 5.73 Å². The lowest BCUT2D eigenvalue weighted by Crippen LogP contribution is -2.51. The number of rotatable bonds is 5.